The number of hydrogen-bond donors (Lipinski definition) is 0. The fraction of sp³-hybridized carbons (Fsp3) is 0.545. The third kappa shape index (κ3) is 2.83. The summed E-state index contributed by atoms with van der Waals surface area (Å²) >= 11 is 0. The van der Waals surface area contributed by atoms with Crippen molar-refractivity contribution in [2.45, 2.75) is 27.3 Å². The molecule has 6 heteroatoms. The topological polar surface area (TPSA) is 70.4 Å². The summed E-state index contributed by atoms with van der Waals surface area (Å²) in [4.78, 5) is 27.2. The van der Waals surface area contributed by atoms with Crippen LogP contribution in [0.2, 0.25) is 0 Å². The molecule has 0 spiro atoms. The number of ether oxygens (including phenoxy) is 2. The van der Waals surface area contributed by atoms with Crippen molar-refractivity contribution < 1.29 is 19.1 Å². The predicted octanol–water partition coefficient (Wildman–Crippen LogP) is 1.26. The van der Waals surface area contributed by atoms with E-state index >= 15 is 0 Å². The van der Waals surface area contributed by atoms with Gasteiger partial charge in [0, 0.05) is 6.54 Å². The largest absolute Gasteiger partial charge is 0.461 e. The van der Waals surface area contributed by atoms with E-state index in [0.717, 1.165) is 0 Å². The molecule has 0 bridgehead atoms. The molecule has 1 aromatic heterocycles. The van der Waals surface area contributed by atoms with Crippen LogP contribution >= 0.6 is 0 Å². The molecule has 0 fully saturated rings. The van der Waals surface area contributed by atoms with Crippen molar-refractivity contribution in [1.82, 2.24) is 9.55 Å². The summed E-state index contributed by atoms with van der Waals surface area (Å²) < 4.78 is 11.3. The number of esters is 2. The summed E-state index contributed by atoms with van der Waals surface area (Å²) in [6, 6.07) is 0. The summed E-state index contributed by atoms with van der Waals surface area (Å²) in [5.74, 6) is -1.17. The summed E-state index contributed by atoms with van der Waals surface area (Å²) in [5, 5.41) is 0. The summed E-state index contributed by atoms with van der Waals surface area (Å²) in [6.45, 7) is 6.25. The molecule has 0 unspecified atom stereocenters. The van der Waals surface area contributed by atoms with E-state index in [1.807, 2.05) is 6.92 Å². The van der Waals surface area contributed by atoms with E-state index in [4.69, 9.17) is 9.47 Å². The second-order valence-corrected chi connectivity index (χ2v) is 3.17. The van der Waals surface area contributed by atoms with Gasteiger partial charge >= 0.3 is 11.9 Å². The van der Waals surface area contributed by atoms with E-state index in [2.05, 4.69) is 4.98 Å². The maximum absolute atomic E-state index is 11.7. The van der Waals surface area contributed by atoms with Gasteiger partial charge in [0.15, 0.2) is 11.4 Å². The monoisotopic (exact) mass is 240 g/mol. The van der Waals surface area contributed by atoms with E-state index in [0.29, 0.717) is 6.54 Å². The highest BCUT2D eigenvalue weighted by atomic mass is 16.5. The third-order valence-electron chi connectivity index (χ3n) is 2.12. The second kappa shape index (κ2) is 6.03. The number of imidazole rings is 1. The van der Waals surface area contributed by atoms with Crippen LogP contribution in [0.3, 0.4) is 0 Å². The number of hydrogen-bond acceptors (Lipinski definition) is 5. The first kappa shape index (κ1) is 13.2. The molecule has 0 N–H and O–H groups in total. The molecule has 0 saturated carbocycles. The summed E-state index contributed by atoms with van der Waals surface area (Å²) in [7, 11) is 0. The molecule has 0 atom stereocenters. The average molecular weight is 240 g/mol. The Morgan fingerprint density at radius 2 is 1.76 bits per heavy atom. The van der Waals surface area contributed by atoms with Crippen LogP contribution in [-0.4, -0.2) is 34.7 Å². The molecule has 0 amide bonds. The van der Waals surface area contributed by atoms with E-state index in [1.165, 1.54) is 6.33 Å². The van der Waals surface area contributed by atoms with Gasteiger partial charge in [-0.05, 0) is 20.8 Å². The number of aromatic nitrogens is 2. The normalized spacial score (nSPS) is 10.1. The third-order valence-corrected chi connectivity index (χ3v) is 2.12. The summed E-state index contributed by atoms with van der Waals surface area (Å²) in [6.07, 6.45) is 1.43. The van der Waals surface area contributed by atoms with Gasteiger partial charge in [0.05, 0.1) is 19.5 Å². The first-order valence-corrected chi connectivity index (χ1v) is 5.55. The molecular formula is C11H16N2O4. The van der Waals surface area contributed by atoms with Gasteiger partial charge in [0.1, 0.15) is 0 Å². The van der Waals surface area contributed by atoms with E-state index in [9.17, 15) is 9.59 Å². The number of aryl methyl sites for hydroxylation is 1. The van der Waals surface area contributed by atoms with Crippen LogP contribution in [0, 0.1) is 0 Å². The molecule has 0 aromatic carbocycles. The van der Waals surface area contributed by atoms with Gasteiger partial charge in [0.2, 0.25) is 0 Å². The highest BCUT2D eigenvalue weighted by Crippen LogP contribution is 2.11. The molecule has 6 nitrogen and oxygen atoms in total. The van der Waals surface area contributed by atoms with Crippen LogP contribution in [0.5, 0.6) is 0 Å². The van der Waals surface area contributed by atoms with Gasteiger partial charge in [-0.2, -0.15) is 0 Å². The van der Waals surface area contributed by atoms with E-state index in [1.54, 1.807) is 18.4 Å². The van der Waals surface area contributed by atoms with Gasteiger partial charge < -0.3 is 14.0 Å². The Morgan fingerprint density at radius 1 is 1.18 bits per heavy atom. The Hall–Kier alpha value is -1.85. The highest BCUT2D eigenvalue weighted by Gasteiger charge is 2.25. The van der Waals surface area contributed by atoms with Crippen LogP contribution in [0.25, 0.3) is 0 Å². The van der Waals surface area contributed by atoms with Gasteiger partial charge in [-0.15, -0.1) is 0 Å². The van der Waals surface area contributed by atoms with Gasteiger partial charge in [-0.3, -0.25) is 0 Å². The molecule has 1 rings (SSSR count). The van der Waals surface area contributed by atoms with E-state index < -0.39 is 11.9 Å². The molecule has 1 aromatic rings. The van der Waals surface area contributed by atoms with Crippen molar-refractivity contribution >= 4 is 11.9 Å². The molecule has 0 aliphatic rings. The highest BCUT2D eigenvalue weighted by molar-refractivity contribution is 6.00. The molecular weight excluding hydrogens is 224 g/mol. The van der Waals surface area contributed by atoms with Crippen molar-refractivity contribution in [1.29, 1.82) is 0 Å². The van der Waals surface area contributed by atoms with Gasteiger partial charge in [-0.1, -0.05) is 0 Å². The van der Waals surface area contributed by atoms with E-state index in [-0.39, 0.29) is 24.6 Å². The number of rotatable bonds is 5. The number of carbonyl (C=O) groups excluding carboxylic acids is 2. The molecule has 0 aliphatic carbocycles. The molecule has 0 saturated heterocycles. The Labute approximate surface area is 99.5 Å². The predicted molar refractivity (Wildman–Crippen MR) is 59.8 cm³/mol. The maximum Gasteiger partial charge on any atom is 0.359 e. The van der Waals surface area contributed by atoms with Crippen molar-refractivity contribution in [2.75, 3.05) is 13.2 Å². The van der Waals surface area contributed by atoms with Crippen LogP contribution in [0.4, 0.5) is 0 Å². The fourth-order valence-corrected chi connectivity index (χ4v) is 1.38. The smallest absolute Gasteiger partial charge is 0.359 e. The van der Waals surface area contributed by atoms with Crippen LogP contribution in [0.1, 0.15) is 41.7 Å². The average Bonchev–Trinajstić information content (AvgIpc) is 2.73. The van der Waals surface area contributed by atoms with Gasteiger partial charge in [-0.25, -0.2) is 14.6 Å². The molecule has 1 heterocycles. The number of carbonyl (C=O) groups is 2. The second-order valence-electron chi connectivity index (χ2n) is 3.17. The Balaban J connectivity index is 3.09. The lowest BCUT2D eigenvalue weighted by molar-refractivity contribution is 0.0467. The van der Waals surface area contributed by atoms with Crippen LogP contribution in [0.15, 0.2) is 6.33 Å². The minimum Gasteiger partial charge on any atom is -0.461 e. The fourth-order valence-electron chi connectivity index (χ4n) is 1.38. The van der Waals surface area contributed by atoms with Crippen molar-refractivity contribution in [3.63, 3.8) is 0 Å². The van der Waals surface area contributed by atoms with Crippen molar-refractivity contribution in [3.05, 3.63) is 17.7 Å². The lowest BCUT2D eigenvalue weighted by atomic mass is 10.3. The standard InChI is InChI=1S/C11H16N2O4/c1-4-13-7-12-8(10(14)16-5-2)9(13)11(15)17-6-3/h7H,4-6H2,1-3H3. The minimum absolute atomic E-state index is 0.00662. The zero-order valence-corrected chi connectivity index (χ0v) is 10.2. The van der Waals surface area contributed by atoms with Crippen molar-refractivity contribution in [2.24, 2.45) is 0 Å². The lowest BCUT2D eigenvalue weighted by Gasteiger charge is -2.06. The SMILES string of the molecule is CCOC(=O)c1ncn(CC)c1C(=O)OCC. The summed E-state index contributed by atoms with van der Waals surface area (Å²) in [5.41, 5.74) is 0.153. The zero-order chi connectivity index (χ0) is 12.8. The lowest BCUT2D eigenvalue weighted by Crippen LogP contribution is -2.17. The first-order valence-electron chi connectivity index (χ1n) is 5.55. The number of nitrogens with zero attached hydrogens (tertiary/aromatic N) is 2. The minimum atomic E-state index is -0.609. The zero-order valence-electron chi connectivity index (χ0n) is 10.2. The molecule has 17 heavy (non-hydrogen) atoms. The Bertz CT molecular complexity index is 412. The Kier molecular flexibility index (Phi) is 4.68. The Morgan fingerprint density at radius 3 is 2.29 bits per heavy atom. The molecule has 0 aliphatic heterocycles. The van der Waals surface area contributed by atoms with Gasteiger partial charge in [0.25, 0.3) is 0 Å². The molecule has 94 valence electrons. The van der Waals surface area contributed by atoms with Crippen LogP contribution in [-0.2, 0) is 16.0 Å². The van der Waals surface area contributed by atoms with Crippen LogP contribution < -0.4 is 0 Å². The maximum atomic E-state index is 11.7. The van der Waals surface area contributed by atoms with Crippen molar-refractivity contribution in [3.8, 4) is 0 Å². The molecule has 0 radical (unpaired) electrons. The quantitative estimate of drug-likeness (QED) is 0.724. The first-order chi connectivity index (χ1) is 8.15.